The summed E-state index contributed by atoms with van der Waals surface area (Å²) in [5.41, 5.74) is 2.35. The molecule has 104 valence electrons. The van der Waals surface area contributed by atoms with Gasteiger partial charge in [-0.2, -0.15) is 0 Å². The van der Waals surface area contributed by atoms with E-state index in [1.54, 1.807) is 0 Å². The van der Waals surface area contributed by atoms with Crippen molar-refractivity contribution in [3.8, 4) is 0 Å². The van der Waals surface area contributed by atoms with Gasteiger partial charge < -0.3 is 5.11 Å². The van der Waals surface area contributed by atoms with Crippen LogP contribution < -0.4 is 0 Å². The first-order valence-electron chi connectivity index (χ1n) is 7.55. The van der Waals surface area contributed by atoms with Crippen molar-refractivity contribution in [3.05, 3.63) is 35.4 Å². The minimum Gasteiger partial charge on any atom is -0.481 e. The van der Waals surface area contributed by atoms with E-state index in [1.807, 2.05) is 19.1 Å². The molecule has 1 aromatic carbocycles. The third-order valence-electron chi connectivity index (χ3n) is 4.29. The second-order valence-corrected chi connectivity index (χ2v) is 5.68. The van der Waals surface area contributed by atoms with Gasteiger partial charge in [-0.1, -0.05) is 56.9 Å². The van der Waals surface area contributed by atoms with Crippen LogP contribution in [0.4, 0.5) is 0 Å². The molecular formula is C17H24O2. The molecular weight excluding hydrogens is 236 g/mol. The van der Waals surface area contributed by atoms with E-state index >= 15 is 0 Å². The van der Waals surface area contributed by atoms with E-state index in [0.29, 0.717) is 5.92 Å². The van der Waals surface area contributed by atoms with Crippen LogP contribution in [0.1, 0.15) is 74.8 Å². The fraction of sp³-hybridized carbons (Fsp3) is 0.588. The Morgan fingerprint density at radius 2 is 1.84 bits per heavy atom. The summed E-state index contributed by atoms with van der Waals surface area (Å²) in [6, 6.07) is 8.35. The maximum absolute atomic E-state index is 11.3. The Kier molecular flexibility index (Phi) is 5.00. The van der Waals surface area contributed by atoms with Gasteiger partial charge >= 0.3 is 5.97 Å². The highest BCUT2D eigenvalue weighted by Crippen LogP contribution is 2.33. The molecule has 1 unspecified atom stereocenters. The van der Waals surface area contributed by atoms with Crippen LogP contribution >= 0.6 is 0 Å². The predicted molar refractivity (Wildman–Crippen MR) is 77.6 cm³/mol. The number of aliphatic carboxylic acids is 1. The van der Waals surface area contributed by atoms with E-state index in [0.717, 1.165) is 18.4 Å². The van der Waals surface area contributed by atoms with Gasteiger partial charge in [0.15, 0.2) is 0 Å². The van der Waals surface area contributed by atoms with Crippen LogP contribution in [0, 0.1) is 0 Å². The molecule has 19 heavy (non-hydrogen) atoms. The van der Waals surface area contributed by atoms with Crippen LogP contribution in [-0.2, 0) is 4.79 Å². The molecule has 0 amide bonds. The minimum atomic E-state index is -0.702. The first-order valence-corrected chi connectivity index (χ1v) is 7.55. The third kappa shape index (κ3) is 3.59. The summed E-state index contributed by atoms with van der Waals surface area (Å²) in [4.78, 5) is 11.3. The fourth-order valence-electron chi connectivity index (χ4n) is 3.16. The van der Waals surface area contributed by atoms with Crippen LogP contribution in [0.25, 0.3) is 0 Å². The Balaban J connectivity index is 2.10. The predicted octanol–water partition coefficient (Wildman–Crippen LogP) is 4.70. The molecule has 1 aromatic rings. The maximum atomic E-state index is 11.3. The van der Waals surface area contributed by atoms with Gasteiger partial charge in [0.25, 0.3) is 0 Å². The molecule has 2 heteroatoms. The quantitative estimate of drug-likeness (QED) is 0.833. The van der Waals surface area contributed by atoms with Crippen LogP contribution in [-0.4, -0.2) is 11.1 Å². The Bertz CT molecular complexity index is 402. The fourth-order valence-corrected chi connectivity index (χ4v) is 3.16. The summed E-state index contributed by atoms with van der Waals surface area (Å²) in [5, 5.41) is 9.28. The lowest BCUT2D eigenvalue weighted by Crippen LogP contribution is -2.11. The largest absolute Gasteiger partial charge is 0.481 e. The number of carbonyl (C=O) groups is 1. The number of rotatable bonds is 5. The molecule has 2 rings (SSSR count). The first kappa shape index (κ1) is 14.1. The van der Waals surface area contributed by atoms with Gasteiger partial charge in [-0.15, -0.1) is 0 Å². The van der Waals surface area contributed by atoms with Crippen molar-refractivity contribution >= 4 is 5.97 Å². The van der Waals surface area contributed by atoms with Gasteiger partial charge in [0.05, 0.1) is 5.92 Å². The topological polar surface area (TPSA) is 37.3 Å². The minimum absolute atomic E-state index is 0.342. The second-order valence-electron chi connectivity index (χ2n) is 5.68. The average Bonchev–Trinajstić information content (AvgIpc) is 2.46. The van der Waals surface area contributed by atoms with Gasteiger partial charge in [-0.3, -0.25) is 4.79 Å². The zero-order chi connectivity index (χ0) is 13.7. The van der Waals surface area contributed by atoms with Crippen LogP contribution in [0.2, 0.25) is 0 Å². The summed E-state index contributed by atoms with van der Waals surface area (Å²) in [7, 11) is 0. The zero-order valence-corrected chi connectivity index (χ0v) is 11.8. The number of benzene rings is 1. The lowest BCUT2D eigenvalue weighted by molar-refractivity contribution is -0.139. The Hall–Kier alpha value is -1.31. The molecule has 2 nitrogen and oxygen atoms in total. The molecule has 1 aliphatic rings. The molecule has 1 N–H and O–H groups in total. The third-order valence-corrected chi connectivity index (χ3v) is 4.29. The molecule has 1 atom stereocenters. The summed E-state index contributed by atoms with van der Waals surface area (Å²) >= 11 is 0. The highest BCUT2D eigenvalue weighted by molar-refractivity contribution is 5.76. The number of carboxylic acids is 1. The monoisotopic (exact) mass is 260 g/mol. The molecule has 0 saturated heterocycles. The molecule has 0 radical (unpaired) electrons. The molecule has 0 bridgehead atoms. The molecule has 1 saturated carbocycles. The number of hydrogen-bond donors (Lipinski definition) is 1. The average molecular weight is 260 g/mol. The standard InChI is InChI=1S/C17H24O2/c1-2-6-16(17(18)19)15-11-9-14(10-12-15)13-7-4-3-5-8-13/h9-13,16H,2-8H2,1H3,(H,18,19). The second kappa shape index (κ2) is 6.74. The number of carboxylic acid groups (broad SMARTS) is 1. The normalized spacial score (nSPS) is 18.2. The van der Waals surface area contributed by atoms with Crippen molar-refractivity contribution in [1.82, 2.24) is 0 Å². The van der Waals surface area contributed by atoms with Crippen LogP contribution in [0.15, 0.2) is 24.3 Å². The first-order chi connectivity index (χ1) is 9.22. The molecule has 1 fully saturated rings. The van der Waals surface area contributed by atoms with Crippen molar-refractivity contribution < 1.29 is 9.90 Å². The van der Waals surface area contributed by atoms with Crippen molar-refractivity contribution in [2.45, 2.75) is 63.7 Å². The van der Waals surface area contributed by atoms with Gasteiger partial charge in [-0.05, 0) is 36.3 Å². The van der Waals surface area contributed by atoms with E-state index in [4.69, 9.17) is 0 Å². The van der Waals surface area contributed by atoms with Crippen molar-refractivity contribution in [1.29, 1.82) is 0 Å². The summed E-state index contributed by atoms with van der Waals surface area (Å²) in [6.07, 6.45) is 8.24. The SMILES string of the molecule is CCCC(C(=O)O)c1ccc(C2CCCCC2)cc1. The molecule has 0 spiro atoms. The Labute approximate surface area is 115 Å². The summed E-state index contributed by atoms with van der Waals surface area (Å²) < 4.78 is 0. The van der Waals surface area contributed by atoms with E-state index in [1.165, 1.54) is 37.7 Å². The van der Waals surface area contributed by atoms with Gasteiger partial charge in [0, 0.05) is 0 Å². The highest BCUT2D eigenvalue weighted by atomic mass is 16.4. The zero-order valence-electron chi connectivity index (χ0n) is 11.8. The van der Waals surface area contributed by atoms with Gasteiger partial charge in [0.2, 0.25) is 0 Å². The molecule has 0 heterocycles. The molecule has 1 aliphatic carbocycles. The molecule has 0 aromatic heterocycles. The van der Waals surface area contributed by atoms with E-state index in [9.17, 15) is 9.90 Å². The van der Waals surface area contributed by atoms with Gasteiger partial charge in [0.1, 0.15) is 0 Å². The Morgan fingerprint density at radius 3 is 2.37 bits per heavy atom. The smallest absolute Gasteiger partial charge is 0.310 e. The van der Waals surface area contributed by atoms with Crippen molar-refractivity contribution in [3.63, 3.8) is 0 Å². The van der Waals surface area contributed by atoms with Crippen molar-refractivity contribution in [2.75, 3.05) is 0 Å². The van der Waals surface area contributed by atoms with Crippen LogP contribution in [0.3, 0.4) is 0 Å². The summed E-state index contributed by atoms with van der Waals surface area (Å²) in [6.45, 7) is 2.03. The van der Waals surface area contributed by atoms with Gasteiger partial charge in [-0.25, -0.2) is 0 Å². The van der Waals surface area contributed by atoms with E-state index < -0.39 is 5.97 Å². The lowest BCUT2D eigenvalue weighted by Gasteiger charge is -2.22. The summed E-state index contributed by atoms with van der Waals surface area (Å²) in [5.74, 6) is -0.352. The Morgan fingerprint density at radius 1 is 1.21 bits per heavy atom. The number of hydrogen-bond acceptors (Lipinski definition) is 1. The lowest BCUT2D eigenvalue weighted by atomic mass is 9.83. The van der Waals surface area contributed by atoms with E-state index in [-0.39, 0.29) is 5.92 Å². The van der Waals surface area contributed by atoms with Crippen LogP contribution in [0.5, 0.6) is 0 Å². The van der Waals surface area contributed by atoms with E-state index in [2.05, 4.69) is 12.1 Å². The highest BCUT2D eigenvalue weighted by Gasteiger charge is 2.20. The maximum Gasteiger partial charge on any atom is 0.310 e. The van der Waals surface area contributed by atoms with Crippen molar-refractivity contribution in [2.24, 2.45) is 0 Å². The molecule has 0 aliphatic heterocycles.